The number of hydrogen-bond donors (Lipinski definition) is 2. The molecule has 11 heteroatoms. The number of benzene rings is 1. The number of rotatable bonds is 8. The lowest BCUT2D eigenvalue weighted by molar-refractivity contribution is 0.309. The molecular formula is C29H29F2N9. The van der Waals surface area contributed by atoms with Crippen molar-refractivity contribution in [3.8, 4) is 12.1 Å². The standard InChI is InChI=1S/C29H29F2N9/c1-17-21(5-6-24(31)36-17)27(23-14-40(39-38-23)29(15-30)7-8-29)37-20-9-18(11-32)25-22(10-20)26(19(12-33)13-34-25)35-16-28(2,3)4/h5-6,9-10,13-14,27,37H,7-8,15-16H2,1-4H3,(H,34,35). The molecule has 1 aliphatic rings. The van der Waals surface area contributed by atoms with Crippen LogP contribution in [0.2, 0.25) is 0 Å². The second-order valence-electron chi connectivity index (χ2n) is 11.4. The van der Waals surface area contributed by atoms with Crippen molar-refractivity contribution in [2.24, 2.45) is 5.41 Å². The van der Waals surface area contributed by atoms with Crippen molar-refractivity contribution in [3.05, 3.63) is 70.7 Å². The highest BCUT2D eigenvalue weighted by Crippen LogP contribution is 2.44. The van der Waals surface area contributed by atoms with Crippen LogP contribution >= 0.6 is 0 Å². The number of hydrogen-bond acceptors (Lipinski definition) is 8. The van der Waals surface area contributed by atoms with Gasteiger partial charge in [0.2, 0.25) is 5.95 Å². The van der Waals surface area contributed by atoms with Crippen molar-refractivity contribution in [2.45, 2.75) is 52.1 Å². The smallest absolute Gasteiger partial charge is 0.213 e. The van der Waals surface area contributed by atoms with Gasteiger partial charge in [-0.1, -0.05) is 32.1 Å². The van der Waals surface area contributed by atoms with E-state index in [9.17, 15) is 19.3 Å². The predicted octanol–water partition coefficient (Wildman–Crippen LogP) is 5.53. The second-order valence-corrected chi connectivity index (χ2v) is 11.4. The molecule has 2 N–H and O–H groups in total. The number of nitrogens with zero attached hydrogens (tertiary/aromatic N) is 7. The first kappa shape index (κ1) is 26.9. The largest absolute Gasteiger partial charge is 0.383 e. The summed E-state index contributed by atoms with van der Waals surface area (Å²) in [6.45, 7) is 7.97. The Morgan fingerprint density at radius 1 is 1.15 bits per heavy atom. The number of pyridine rings is 2. The highest BCUT2D eigenvalue weighted by Gasteiger charge is 2.46. The van der Waals surface area contributed by atoms with Gasteiger partial charge < -0.3 is 10.6 Å². The maximum absolute atomic E-state index is 13.9. The molecule has 3 heterocycles. The second kappa shape index (κ2) is 10.2. The SMILES string of the molecule is Cc1nc(F)ccc1C(Nc1cc(C#N)c2ncc(C#N)c(NCC(C)(C)C)c2c1)c1cn(C2(CF)CC2)nn1. The summed E-state index contributed by atoms with van der Waals surface area (Å²) in [6.07, 6.45) is 4.52. The summed E-state index contributed by atoms with van der Waals surface area (Å²) < 4.78 is 29.2. The molecule has 3 aromatic heterocycles. The molecule has 0 bridgehead atoms. The van der Waals surface area contributed by atoms with Gasteiger partial charge in [-0.25, -0.2) is 14.1 Å². The number of aryl methyl sites for hydroxylation is 1. The van der Waals surface area contributed by atoms with Crippen LogP contribution in [-0.2, 0) is 5.54 Å². The topological polar surface area (TPSA) is 128 Å². The van der Waals surface area contributed by atoms with Gasteiger partial charge in [-0.2, -0.15) is 14.9 Å². The van der Waals surface area contributed by atoms with E-state index < -0.39 is 24.2 Å². The Morgan fingerprint density at radius 3 is 2.52 bits per heavy atom. The van der Waals surface area contributed by atoms with E-state index in [1.165, 1.54) is 12.3 Å². The minimum absolute atomic E-state index is 0.0706. The van der Waals surface area contributed by atoms with Crippen LogP contribution in [0.1, 0.15) is 67.7 Å². The molecule has 9 nitrogen and oxygen atoms in total. The van der Waals surface area contributed by atoms with Crippen LogP contribution in [0.3, 0.4) is 0 Å². The zero-order chi connectivity index (χ0) is 28.7. The lowest BCUT2D eigenvalue weighted by Crippen LogP contribution is -2.20. The van der Waals surface area contributed by atoms with E-state index in [1.807, 2.05) is 6.07 Å². The summed E-state index contributed by atoms with van der Waals surface area (Å²) in [7, 11) is 0. The van der Waals surface area contributed by atoms with Gasteiger partial charge in [-0.15, -0.1) is 5.10 Å². The monoisotopic (exact) mass is 541 g/mol. The molecule has 1 saturated carbocycles. The summed E-state index contributed by atoms with van der Waals surface area (Å²) in [5.41, 5.74) is 3.11. The quantitative estimate of drug-likeness (QED) is 0.279. The average Bonchev–Trinajstić information content (AvgIpc) is 3.57. The molecule has 0 saturated heterocycles. The maximum atomic E-state index is 13.9. The van der Waals surface area contributed by atoms with E-state index in [0.29, 0.717) is 69.7 Å². The number of halogens is 2. The van der Waals surface area contributed by atoms with Crippen LogP contribution in [0.4, 0.5) is 20.2 Å². The summed E-state index contributed by atoms with van der Waals surface area (Å²) in [5, 5.41) is 35.7. The number of aromatic nitrogens is 5. The first-order valence-electron chi connectivity index (χ1n) is 13.0. The van der Waals surface area contributed by atoms with E-state index in [1.54, 1.807) is 29.9 Å². The van der Waals surface area contributed by atoms with Crippen LogP contribution in [0.5, 0.6) is 0 Å². The summed E-state index contributed by atoms with van der Waals surface area (Å²) >= 11 is 0. The van der Waals surface area contributed by atoms with Gasteiger partial charge >= 0.3 is 0 Å². The zero-order valence-corrected chi connectivity index (χ0v) is 22.8. The van der Waals surface area contributed by atoms with E-state index in [-0.39, 0.29) is 5.41 Å². The molecule has 4 aromatic rings. The van der Waals surface area contributed by atoms with Gasteiger partial charge in [0.15, 0.2) is 0 Å². The van der Waals surface area contributed by atoms with Gasteiger partial charge in [0.25, 0.3) is 0 Å². The van der Waals surface area contributed by atoms with Crippen molar-refractivity contribution in [2.75, 3.05) is 23.9 Å². The molecule has 1 aromatic carbocycles. The van der Waals surface area contributed by atoms with Gasteiger partial charge in [0, 0.05) is 35.1 Å². The number of nitriles is 2. The highest BCUT2D eigenvalue weighted by molar-refractivity contribution is 5.99. The molecule has 0 aliphatic heterocycles. The molecule has 1 atom stereocenters. The Bertz CT molecular complexity index is 1670. The number of fused-ring (bicyclic) bond motifs is 1. The van der Waals surface area contributed by atoms with Crippen molar-refractivity contribution in [1.82, 2.24) is 25.0 Å². The summed E-state index contributed by atoms with van der Waals surface area (Å²) in [5.74, 6) is -0.611. The van der Waals surface area contributed by atoms with Gasteiger partial charge in [0.1, 0.15) is 24.5 Å². The molecule has 0 spiro atoms. The van der Waals surface area contributed by atoms with Crippen LogP contribution in [0.15, 0.2) is 36.7 Å². The molecule has 40 heavy (non-hydrogen) atoms. The maximum Gasteiger partial charge on any atom is 0.213 e. The van der Waals surface area contributed by atoms with Crippen LogP contribution in [0.25, 0.3) is 10.9 Å². The van der Waals surface area contributed by atoms with Crippen molar-refractivity contribution in [1.29, 1.82) is 10.5 Å². The third-order valence-electron chi connectivity index (χ3n) is 7.09. The Balaban J connectivity index is 1.63. The van der Waals surface area contributed by atoms with Gasteiger partial charge in [0.05, 0.1) is 40.1 Å². The Morgan fingerprint density at radius 2 is 1.90 bits per heavy atom. The number of nitrogens with one attached hydrogen (secondary N) is 2. The minimum atomic E-state index is -0.671. The predicted molar refractivity (Wildman–Crippen MR) is 147 cm³/mol. The number of alkyl halides is 1. The minimum Gasteiger partial charge on any atom is -0.383 e. The first-order valence-corrected chi connectivity index (χ1v) is 13.0. The fourth-order valence-electron chi connectivity index (χ4n) is 4.63. The molecule has 0 radical (unpaired) electrons. The van der Waals surface area contributed by atoms with Crippen LogP contribution in [0, 0.1) is 40.9 Å². The Hall–Kier alpha value is -4.64. The Kier molecular flexibility index (Phi) is 6.84. The fraction of sp³-hybridized carbons (Fsp3) is 0.379. The summed E-state index contributed by atoms with van der Waals surface area (Å²) in [4.78, 5) is 8.39. The highest BCUT2D eigenvalue weighted by atomic mass is 19.1. The molecule has 204 valence electrons. The van der Waals surface area contributed by atoms with E-state index in [2.05, 4.69) is 63.8 Å². The van der Waals surface area contributed by atoms with Gasteiger partial charge in [-0.3, -0.25) is 4.98 Å². The van der Waals surface area contributed by atoms with E-state index >= 15 is 0 Å². The Labute approximate surface area is 230 Å². The lowest BCUT2D eigenvalue weighted by atomic mass is 9.96. The lowest BCUT2D eigenvalue weighted by Gasteiger charge is -2.23. The molecule has 1 unspecified atom stereocenters. The molecule has 5 rings (SSSR count). The van der Waals surface area contributed by atoms with Crippen molar-refractivity contribution >= 4 is 22.3 Å². The van der Waals surface area contributed by atoms with Gasteiger partial charge in [-0.05, 0) is 43.4 Å². The third-order valence-corrected chi connectivity index (χ3v) is 7.09. The van der Waals surface area contributed by atoms with E-state index in [4.69, 9.17) is 0 Å². The normalized spacial score (nSPS) is 14.8. The first-order chi connectivity index (χ1) is 19.1. The van der Waals surface area contributed by atoms with Crippen molar-refractivity contribution in [3.63, 3.8) is 0 Å². The van der Waals surface area contributed by atoms with Crippen molar-refractivity contribution < 1.29 is 8.78 Å². The third kappa shape index (κ3) is 5.15. The molecule has 0 amide bonds. The average molecular weight is 542 g/mol. The molecule has 1 aliphatic carbocycles. The summed E-state index contributed by atoms with van der Waals surface area (Å²) in [6, 6.07) is 10.1. The molecule has 1 fully saturated rings. The van der Waals surface area contributed by atoms with E-state index in [0.717, 1.165) is 0 Å². The molecular weight excluding hydrogens is 512 g/mol. The fourth-order valence-corrected chi connectivity index (χ4v) is 4.63. The van der Waals surface area contributed by atoms with Crippen LogP contribution in [-0.4, -0.2) is 38.2 Å². The zero-order valence-electron chi connectivity index (χ0n) is 22.8. The number of anilines is 2. The van der Waals surface area contributed by atoms with Crippen LogP contribution < -0.4 is 10.6 Å².